The van der Waals surface area contributed by atoms with Crippen molar-refractivity contribution in [3.05, 3.63) is 0 Å². The number of guanidine groups is 1. The molecule has 2 amide bonds. The Hall–Kier alpha value is -1.42. The Morgan fingerprint density at radius 2 is 2.16 bits per heavy atom. The second-order valence-electron chi connectivity index (χ2n) is 4.52. The van der Waals surface area contributed by atoms with Crippen molar-refractivity contribution in [1.82, 2.24) is 15.1 Å². The van der Waals surface area contributed by atoms with Gasteiger partial charge in [-0.05, 0) is 0 Å². The molecule has 0 aliphatic carbocycles. The molecule has 0 spiro atoms. The molecule has 0 saturated carbocycles. The van der Waals surface area contributed by atoms with E-state index in [1.54, 1.807) is 19.0 Å². The van der Waals surface area contributed by atoms with Crippen molar-refractivity contribution < 1.29 is 24.9 Å². The molecular formula is C10H18N4O5. The van der Waals surface area contributed by atoms with Gasteiger partial charge in [0.1, 0.15) is 18.3 Å². The van der Waals surface area contributed by atoms with E-state index >= 15 is 0 Å². The molecule has 0 unspecified atom stereocenters. The van der Waals surface area contributed by atoms with Crippen LogP contribution in [0.1, 0.15) is 0 Å². The summed E-state index contributed by atoms with van der Waals surface area (Å²) < 4.78 is 5.31. The van der Waals surface area contributed by atoms with Crippen LogP contribution in [0.25, 0.3) is 0 Å². The van der Waals surface area contributed by atoms with Crippen LogP contribution in [0.3, 0.4) is 0 Å². The lowest BCUT2D eigenvalue weighted by atomic mass is 10.1. The normalized spacial score (nSPS) is 37.9. The molecule has 0 aromatic rings. The zero-order valence-corrected chi connectivity index (χ0v) is 10.7. The van der Waals surface area contributed by atoms with E-state index in [-0.39, 0.29) is 6.67 Å². The fourth-order valence-corrected chi connectivity index (χ4v) is 2.18. The molecule has 2 aliphatic rings. The summed E-state index contributed by atoms with van der Waals surface area (Å²) >= 11 is 0. The Bertz CT molecular complexity index is 390. The first-order chi connectivity index (χ1) is 8.99. The van der Waals surface area contributed by atoms with E-state index in [0.717, 1.165) is 0 Å². The summed E-state index contributed by atoms with van der Waals surface area (Å²) in [6.07, 6.45) is -4.40. The van der Waals surface area contributed by atoms with Gasteiger partial charge in [-0.2, -0.15) is 0 Å². The molecule has 108 valence electrons. The van der Waals surface area contributed by atoms with Crippen molar-refractivity contribution in [2.24, 2.45) is 4.99 Å². The van der Waals surface area contributed by atoms with Crippen LogP contribution in [-0.4, -0.2) is 89.0 Å². The number of hydrogen-bond donors (Lipinski definition) is 4. The second-order valence-corrected chi connectivity index (χ2v) is 4.52. The minimum absolute atomic E-state index is 0.158. The van der Waals surface area contributed by atoms with E-state index < -0.39 is 37.2 Å². The van der Waals surface area contributed by atoms with Crippen molar-refractivity contribution in [2.45, 2.75) is 24.5 Å². The molecule has 0 bridgehead atoms. The number of amides is 2. The smallest absolute Gasteiger partial charge is 0.327 e. The van der Waals surface area contributed by atoms with E-state index in [1.807, 2.05) is 0 Å². The molecule has 0 radical (unpaired) electrons. The van der Waals surface area contributed by atoms with Crippen LogP contribution in [0.15, 0.2) is 4.99 Å². The third-order valence-electron chi connectivity index (χ3n) is 3.24. The molecule has 0 aromatic heterocycles. The maximum Gasteiger partial charge on any atom is 0.327 e. The highest BCUT2D eigenvalue weighted by Gasteiger charge is 2.47. The highest BCUT2D eigenvalue weighted by Crippen LogP contribution is 2.25. The first-order valence-corrected chi connectivity index (χ1v) is 5.87. The minimum Gasteiger partial charge on any atom is -0.394 e. The number of rotatable bonds is 2. The van der Waals surface area contributed by atoms with Gasteiger partial charge < -0.3 is 25.0 Å². The van der Waals surface area contributed by atoms with Gasteiger partial charge >= 0.3 is 6.03 Å². The van der Waals surface area contributed by atoms with Crippen LogP contribution in [0.2, 0.25) is 0 Å². The first-order valence-electron chi connectivity index (χ1n) is 5.87. The third-order valence-corrected chi connectivity index (χ3v) is 3.24. The molecule has 9 heteroatoms. The summed E-state index contributed by atoms with van der Waals surface area (Å²) in [4.78, 5) is 18.7. The first kappa shape index (κ1) is 14.0. The topological polar surface area (TPSA) is 118 Å². The molecule has 2 aliphatic heterocycles. The van der Waals surface area contributed by atoms with E-state index in [9.17, 15) is 15.0 Å². The number of urea groups is 1. The number of hydrogen-bond acceptors (Lipinski definition) is 6. The van der Waals surface area contributed by atoms with Gasteiger partial charge in [-0.25, -0.2) is 4.79 Å². The van der Waals surface area contributed by atoms with Crippen molar-refractivity contribution >= 4 is 12.0 Å². The molecule has 9 nitrogen and oxygen atoms in total. The average Bonchev–Trinajstić information content (AvgIpc) is 2.68. The Kier molecular flexibility index (Phi) is 3.90. The SMILES string of the molecule is CN=C1NC(=O)N([C@@H]2O[C@H](CO)[C@@H](O)[C@H]2O)CN1C. The standard InChI is InChI=1S/C10H18N4O5/c1-11-9-12-10(18)14(4-13(9)2)8-7(17)6(16)5(3-15)19-8/h5-8,15-17H,3-4H2,1-2H3,(H,11,12,18)/t5-,6-,7-,8-/m1/s1. The van der Waals surface area contributed by atoms with Gasteiger partial charge in [-0.1, -0.05) is 0 Å². The highest BCUT2D eigenvalue weighted by molar-refractivity contribution is 5.98. The second kappa shape index (κ2) is 5.29. The number of aliphatic imine (C=N–C) groups is 1. The molecule has 2 heterocycles. The van der Waals surface area contributed by atoms with Crippen molar-refractivity contribution in [3.63, 3.8) is 0 Å². The summed E-state index contributed by atoms with van der Waals surface area (Å²) in [5, 5.41) is 31.1. The van der Waals surface area contributed by atoms with Gasteiger partial charge in [-0.15, -0.1) is 0 Å². The van der Waals surface area contributed by atoms with Gasteiger partial charge in [-0.3, -0.25) is 15.2 Å². The molecule has 2 rings (SSSR count). The number of aliphatic hydroxyl groups is 3. The number of aliphatic hydroxyl groups excluding tert-OH is 3. The lowest BCUT2D eigenvalue weighted by Gasteiger charge is -2.39. The summed E-state index contributed by atoms with van der Waals surface area (Å²) in [6, 6.07) is -0.478. The number of ether oxygens (including phenoxy) is 1. The average molecular weight is 274 g/mol. The molecule has 19 heavy (non-hydrogen) atoms. The van der Waals surface area contributed by atoms with E-state index in [2.05, 4.69) is 10.3 Å². The van der Waals surface area contributed by atoms with E-state index in [4.69, 9.17) is 9.84 Å². The predicted octanol–water partition coefficient (Wildman–Crippen LogP) is -2.67. The van der Waals surface area contributed by atoms with Gasteiger partial charge in [0.15, 0.2) is 6.23 Å². The lowest BCUT2D eigenvalue weighted by molar-refractivity contribution is -0.0885. The number of nitrogens with zero attached hydrogens (tertiary/aromatic N) is 3. The van der Waals surface area contributed by atoms with Crippen LogP contribution in [0.4, 0.5) is 4.79 Å². The van der Waals surface area contributed by atoms with Crippen molar-refractivity contribution in [3.8, 4) is 0 Å². The van der Waals surface area contributed by atoms with Gasteiger partial charge in [0.2, 0.25) is 5.96 Å². The van der Waals surface area contributed by atoms with Crippen LogP contribution < -0.4 is 5.32 Å². The number of nitrogens with one attached hydrogen (secondary N) is 1. The van der Waals surface area contributed by atoms with E-state index in [0.29, 0.717) is 5.96 Å². The van der Waals surface area contributed by atoms with Crippen LogP contribution in [0, 0.1) is 0 Å². The zero-order valence-electron chi connectivity index (χ0n) is 10.7. The van der Waals surface area contributed by atoms with E-state index in [1.165, 1.54) is 4.90 Å². The fraction of sp³-hybridized carbons (Fsp3) is 0.800. The fourth-order valence-electron chi connectivity index (χ4n) is 2.18. The summed E-state index contributed by atoms with van der Waals surface area (Å²) in [7, 11) is 3.27. The molecule has 2 fully saturated rings. The maximum absolute atomic E-state index is 11.9. The van der Waals surface area contributed by atoms with Gasteiger partial charge in [0.25, 0.3) is 0 Å². The van der Waals surface area contributed by atoms with Crippen LogP contribution >= 0.6 is 0 Å². The number of carbonyl (C=O) groups is 1. The molecule has 4 atom stereocenters. The molecular weight excluding hydrogens is 256 g/mol. The van der Waals surface area contributed by atoms with Crippen molar-refractivity contribution in [2.75, 3.05) is 27.4 Å². The van der Waals surface area contributed by atoms with Crippen LogP contribution in [-0.2, 0) is 4.74 Å². The highest BCUT2D eigenvalue weighted by atomic mass is 16.6. The summed E-state index contributed by atoms with van der Waals surface area (Å²) in [5.41, 5.74) is 0. The third kappa shape index (κ3) is 2.37. The zero-order chi connectivity index (χ0) is 14.2. The quantitative estimate of drug-likeness (QED) is 0.436. The lowest BCUT2D eigenvalue weighted by Crippen LogP contribution is -2.63. The van der Waals surface area contributed by atoms with Crippen LogP contribution in [0.5, 0.6) is 0 Å². The Morgan fingerprint density at radius 3 is 2.68 bits per heavy atom. The molecule has 2 saturated heterocycles. The summed E-state index contributed by atoms with van der Waals surface area (Å²) in [5.74, 6) is 0.410. The maximum atomic E-state index is 11.9. The largest absolute Gasteiger partial charge is 0.394 e. The molecule has 0 aromatic carbocycles. The number of carbonyl (C=O) groups excluding carboxylic acids is 1. The van der Waals surface area contributed by atoms with Gasteiger partial charge in [0.05, 0.1) is 13.3 Å². The van der Waals surface area contributed by atoms with Gasteiger partial charge in [0, 0.05) is 14.1 Å². The predicted molar refractivity (Wildman–Crippen MR) is 64.1 cm³/mol. The Morgan fingerprint density at radius 1 is 1.47 bits per heavy atom. The van der Waals surface area contributed by atoms with Crippen molar-refractivity contribution in [1.29, 1.82) is 0 Å². The molecule has 4 N–H and O–H groups in total. The monoisotopic (exact) mass is 274 g/mol. The Labute approximate surface area is 110 Å². The Balaban J connectivity index is 2.12. The summed E-state index contributed by atoms with van der Waals surface area (Å²) in [6.45, 7) is -0.271. The minimum atomic E-state index is -1.27.